The summed E-state index contributed by atoms with van der Waals surface area (Å²) in [6.07, 6.45) is 2.89. The molecule has 0 atom stereocenters. The summed E-state index contributed by atoms with van der Waals surface area (Å²) < 4.78 is 0. The van der Waals surface area contributed by atoms with Gasteiger partial charge in [0.1, 0.15) is 0 Å². The number of nitrogens with zero attached hydrogens (tertiary/aromatic N) is 1. The van der Waals surface area contributed by atoms with Crippen molar-refractivity contribution < 1.29 is 17.0 Å². The van der Waals surface area contributed by atoms with Crippen LogP contribution in [0.5, 0.6) is 0 Å². The summed E-state index contributed by atoms with van der Waals surface area (Å²) in [5.41, 5.74) is 0. The molecule has 0 aromatic rings. The van der Waals surface area contributed by atoms with Gasteiger partial charge in [-0.15, -0.1) is 0 Å². The van der Waals surface area contributed by atoms with Gasteiger partial charge in [-0.25, -0.2) is 0 Å². The van der Waals surface area contributed by atoms with Crippen molar-refractivity contribution in [2.75, 3.05) is 0 Å². The number of rotatable bonds is 2. The summed E-state index contributed by atoms with van der Waals surface area (Å²) in [5, 5.41) is 0. The Balaban J connectivity index is -0.000000118. The maximum atomic E-state index is 4.91. The van der Waals surface area contributed by atoms with Gasteiger partial charge in [0, 0.05) is 0 Å². The van der Waals surface area contributed by atoms with Crippen molar-refractivity contribution in [1.29, 1.82) is 0 Å². The van der Waals surface area contributed by atoms with Gasteiger partial charge in [0.05, 0.1) is 0 Å². The Hall–Kier alpha value is -0.136. The Morgan fingerprint density at radius 1 is 1.25 bits per heavy atom. The molecule has 0 radical (unpaired) electrons. The first-order valence-corrected chi connectivity index (χ1v) is 4.98. The van der Waals surface area contributed by atoms with Gasteiger partial charge in [0.15, 0.2) is 0 Å². The van der Waals surface area contributed by atoms with Gasteiger partial charge in [0.2, 0.25) is 0 Å². The van der Waals surface area contributed by atoms with Crippen LogP contribution >= 0.6 is 0 Å². The van der Waals surface area contributed by atoms with Crippen LogP contribution in [-0.2, 0) is 17.0 Å². The topological polar surface area (TPSA) is 12.4 Å². The standard InChI is InChI=1S/C4H4N.C4H10.C2H6.V/c1-3-4-5-2;1-4(2)3;1-2;/h1-4H;4H,1-3H3;1-2H3;/q-1;;;. The summed E-state index contributed by atoms with van der Waals surface area (Å²) >= 11 is 2.21. The molecule has 0 aromatic carbocycles. The van der Waals surface area contributed by atoms with E-state index in [4.69, 9.17) is 6.58 Å². The first-order valence-electron chi connectivity index (χ1n) is 4.17. The quantitative estimate of drug-likeness (QED) is 0.485. The van der Waals surface area contributed by atoms with Gasteiger partial charge in [-0.3, -0.25) is 0 Å². The molecule has 0 aliphatic carbocycles. The van der Waals surface area contributed by atoms with E-state index in [2.05, 4.69) is 42.7 Å². The van der Waals surface area contributed by atoms with Crippen molar-refractivity contribution in [2.24, 2.45) is 10.9 Å². The van der Waals surface area contributed by atoms with Crippen molar-refractivity contribution in [3.63, 3.8) is 0 Å². The first kappa shape index (κ1) is 17.8. The Labute approximate surface area is 86.5 Å². The van der Waals surface area contributed by atoms with Crippen molar-refractivity contribution in [1.82, 2.24) is 0 Å². The fraction of sp³-hybridized carbons (Fsp3) is 0.600. The van der Waals surface area contributed by atoms with E-state index in [1.165, 1.54) is 12.3 Å². The molecule has 0 fully saturated rings. The molecule has 0 bridgehead atoms. The molecule has 12 heavy (non-hydrogen) atoms. The number of aliphatic imine (C=N–C) groups is 1. The van der Waals surface area contributed by atoms with Crippen LogP contribution in [0, 0.1) is 12.5 Å². The molecular formula is C10H20NV-. The van der Waals surface area contributed by atoms with Gasteiger partial charge >= 0.3 is 45.7 Å². The summed E-state index contributed by atoms with van der Waals surface area (Å²) in [4.78, 5) is 5.24. The van der Waals surface area contributed by atoms with Crippen molar-refractivity contribution in [3.8, 4) is 0 Å². The minimum absolute atomic E-state index is 0.833. The predicted octanol–water partition coefficient (Wildman–Crippen LogP) is 3.04. The molecule has 2 heteroatoms. The molecule has 1 nitrogen and oxygen atoms in total. The zero-order valence-corrected chi connectivity index (χ0v) is 10.2. The molecule has 0 aromatic heterocycles. The van der Waals surface area contributed by atoms with Crippen LogP contribution in [0.4, 0.5) is 0 Å². The summed E-state index contributed by atoms with van der Waals surface area (Å²) in [7, 11) is 0. The van der Waals surface area contributed by atoms with E-state index in [1.54, 1.807) is 4.85 Å². The second-order valence-corrected chi connectivity index (χ2v) is 2.70. The molecule has 0 unspecified atom stereocenters. The Bertz CT molecular complexity index is 93.7. The van der Waals surface area contributed by atoms with Crippen LogP contribution in [0.15, 0.2) is 11.1 Å². The predicted molar refractivity (Wildman–Crippen MR) is 55.3 cm³/mol. The zero-order valence-electron chi connectivity index (χ0n) is 8.78. The summed E-state index contributed by atoms with van der Waals surface area (Å²) in [6, 6.07) is 0. The molecule has 0 heterocycles. The van der Waals surface area contributed by atoms with Crippen LogP contribution in [-0.4, -0.2) is 11.1 Å². The molecule has 0 aliphatic heterocycles. The molecule has 71 valence electrons. The molecular weight excluding hydrogens is 185 g/mol. The summed E-state index contributed by atoms with van der Waals surface area (Å²) in [6.45, 7) is 15.4. The monoisotopic (exact) mass is 205 g/mol. The fourth-order valence-corrected chi connectivity index (χ4v) is 0.208. The Morgan fingerprint density at radius 3 is 1.67 bits per heavy atom. The van der Waals surface area contributed by atoms with Gasteiger partial charge in [-0.05, 0) is 5.92 Å². The SMILES string of the molecule is CC.CC(C)C.[CH-]=CC=N[CH]=[V]. The van der Waals surface area contributed by atoms with E-state index in [9.17, 15) is 0 Å². The second-order valence-electron chi connectivity index (χ2n) is 2.34. The average molecular weight is 205 g/mol. The number of hydrogen-bond acceptors (Lipinski definition) is 1. The van der Waals surface area contributed by atoms with Gasteiger partial charge in [-0.1, -0.05) is 34.6 Å². The minimum atomic E-state index is 0.833. The second kappa shape index (κ2) is 22.4. The van der Waals surface area contributed by atoms with E-state index in [1.807, 2.05) is 13.8 Å². The van der Waals surface area contributed by atoms with E-state index in [0.717, 1.165) is 5.92 Å². The number of allylic oxidation sites excluding steroid dienone is 1. The van der Waals surface area contributed by atoms with Gasteiger partial charge in [-0.2, -0.15) is 0 Å². The molecule has 0 saturated carbocycles. The maximum absolute atomic E-state index is 4.91. The van der Waals surface area contributed by atoms with Crippen LogP contribution in [0.3, 0.4) is 0 Å². The van der Waals surface area contributed by atoms with Crippen LogP contribution in [0.1, 0.15) is 34.6 Å². The number of hydrogen-bond donors (Lipinski definition) is 0. The third-order valence-corrected chi connectivity index (χ3v) is 0.447. The van der Waals surface area contributed by atoms with E-state index < -0.39 is 0 Å². The van der Waals surface area contributed by atoms with Crippen LogP contribution in [0.2, 0.25) is 0 Å². The summed E-state index contributed by atoms with van der Waals surface area (Å²) in [5.74, 6) is 0.833. The van der Waals surface area contributed by atoms with Crippen LogP contribution < -0.4 is 0 Å². The van der Waals surface area contributed by atoms with Gasteiger partial charge in [0.25, 0.3) is 0 Å². The Kier molecular flexibility index (Phi) is 33.3. The average Bonchev–Trinajstić information content (AvgIpc) is 2.04. The third kappa shape index (κ3) is 94.5. The van der Waals surface area contributed by atoms with E-state index in [0.29, 0.717) is 0 Å². The van der Waals surface area contributed by atoms with E-state index in [-0.39, 0.29) is 0 Å². The molecule has 0 N–H and O–H groups in total. The molecule has 0 spiro atoms. The van der Waals surface area contributed by atoms with Crippen molar-refractivity contribution in [2.45, 2.75) is 34.6 Å². The molecule has 0 rings (SSSR count). The van der Waals surface area contributed by atoms with E-state index >= 15 is 0 Å². The zero-order chi connectivity index (χ0) is 10.4. The van der Waals surface area contributed by atoms with Crippen molar-refractivity contribution in [3.05, 3.63) is 12.7 Å². The van der Waals surface area contributed by atoms with Gasteiger partial charge < -0.3 is 0 Å². The normalized spacial score (nSPS) is 7.75. The molecule has 0 amide bonds. The first-order chi connectivity index (χ1) is 5.65. The molecule has 0 saturated heterocycles. The Morgan fingerprint density at radius 2 is 1.58 bits per heavy atom. The third-order valence-electron chi connectivity index (χ3n) is 0.239. The fourth-order valence-electron chi connectivity index (χ4n) is 0.0882. The van der Waals surface area contributed by atoms with Crippen molar-refractivity contribution >= 4 is 11.1 Å². The van der Waals surface area contributed by atoms with Crippen LogP contribution in [0.25, 0.3) is 0 Å². The molecule has 0 aliphatic rings.